The summed E-state index contributed by atoms with van der Waals surface area (Å²) in [6.07, 6.45) is 0. The summed E-state index contributed by atoms with van der Waals surface area (Å²) < 4.78 is 14.8. The van der Waals surface area contributed by atoms with Crippen LogP contribution >= 0.6 is 15.9 Å². The zero-order chi connectivity index (χ0) is 13.8. The summed E-state index contributed by atoms with van der Waals surface area (Å²) in [7, 11) is 0. The normalized spacial score (nSPS) is 11.7. The smallest absolute Gasteiger partial charge is 0.147 e. The van der Waals surface area contributed by atoms with Crippen LogP contribution in [0.1, 0.15) is 24.1 Å². The average molecular weight is 319 g/mol. The number of nitriles is 1. The van der Waals surface area contributed by atoms with E-state index in [0.717, 1.165) is 10.0 Å². The van der Waals surface area contributed by atoms with Crippen LogP contribution in [0.3, 0.4) is 0 Å². The number of rotatable bonds is 3. The highest BCUT2D eigenvalue weighted by molar-refractivity contribution is 9.10. The molecular weight excluding hydrogens is 307 g/mol. The lowest BCUT2D eigenvalue weighted by molar-refractivity contribution is 0.627. The molecule has 0 amide bonds. The second-order valence-electron chi connectivity index (χ2n) is 4.19. The highest BCUT2D eigenvalue weighted by Crippen LogP contribution is 2.27. The second kappa shape index (κ2) is 5.85. The lowest BCUT2D eigenvalue weighted by Gasteiger charge is -2.17. The van der Waals surface area contributed by atoms with Gasteiger partial charge in [0.1, 0.15) is 5.82 Å². The van der Waals surface area contributed by atoms with E-state index in [-0.39, 0.29) is 6.04 Å². The number of hydrogen-bond donors (Lipinski definition) is 1. The molecule has 19 heavy (non-hydrogen) atoms. The minimum absolute atomic E-state index is 0.0435. The first-order valence-electron chi connectivity index (χ1n) is 5.82. The molecule has 0 radical (unpaired) electrons. The minimum atomic E-state index is -0.419. The molecule has 2 nitrogen and oxygen atoms in total. The summed E-state index contributed by atoms with van der Waals surface area (Å²) in [4.78, 5) is 0. The van der Waals surface area contributed by atoms with Gasteiger partial charge in [0.15, 0.2) is 0 Å². The van der Waals surface area contributed by atoms with Crippen LogP contribution in [0.15, 0.2) is 46.9 Å². The molecule has 0 aromatic heterocycles. The summed E-state index contributed by atoms with van der Waals surface area (Å²) in [6, 6.07) is 14.1. The summed E-state index contributed by atoms with van der Waals surface area (Å²) >= 11 is 3.47. The van der Waals surface area contributed by atoms with E-state index in [1.54, 1.807) is 12.1 Å². The predicted molar refractivity (Wildman–Crippen MR) is 77.3 cm³/mol. The molecule has 96 valence electrons. The van der Waals surface area contributed by atoms with E-state index in [1.807, 2.05) is 37.3 Å². The Morgan fingerprint density at radius 1 is 1.26 bits per heavy atom. The first-order chi connectivity index (χ1) is 9.11. The van der Waals surface area contributed by atoms with E-state index >= 15 is 0 Å². The highest BCUT2D eigenvalue weighted by Gasteiger charge is 2.11. The molecule has 0 aliphatic rings. The van der Waals surface area contributed by atoms with Crippen LogP contribution in [0.4, 0.5) is 10.1 Å². The van der Waals surface area contributed by atoms with Gasteiger partial charge in [-0.05, 0) is 36.8 Å². The first-order valence-corrected chi connectivity index (χ1v) is 6.61. The molecule has 0 spiro atoms. The van der Waals surface area contributed by atoms with Crippen LogP contribution < -0.4 is 5.32 Å². The van der Waals surface area contributed by atoms with Crippen molar-refractivity contribution in [2.45, 2.75) is 13.0 Å². The third-order valence-electron chi connectivity index (χ3n) is 2.84. The summed E-state index contributed by atoms with van der Waals surface area (Å²) in [5, 5.41) is 11.8. The van der Waals surface area contributed by atoms with Gasteiger partial charge in [-0.3, -0.25) is 0 Å². The summed E-state index contributed by atoms with van der Waals surface area (Å²) in [6.45, 7) is 1.96. The Labute approximate surface area is 120 Å². The van der Waals surface area contributed by atoms with Gasteiger partial charge in [0.05, 0.1) is 17.3 Å². The molecule has 0 aliphatic carbocycles. The van der Waals surface area contributed by atoms with Crippen molar-refractivity contribution in [1.29, 1.82) is 5.26 Å². The van der Waals surface area contributed by atoms with Gasteiger partial charge in [-0.2, -0.15) is 5.26 Å². The SMILES string of the molecule is CC(Nc1ccc(C#N)cc1F)c1ccccc1Br. The number of halogens is 2. The third-order valence-corrected chi connectivity index (χ3v) is 3.56. The number of benzene rings is 2. The van der Waals surface area contributed by atoms with Gasteiger partial charge in [0, 0.05) is 10.5 Å². The Bertz CT molecular complexity index is 634. The zero-order valence-corrected chi connectivity index (χ0v) is 11.9. The fourth-order valence-electron chi connectivity index (χ4n) is 1.84. The van der Waals surface area contributed by atoms with Gasteiger partial charge < -0.3 is 5.32 Å². The second-order valence-corrected chi connectivity index (χ2v) is 5.05. The van der Waals surface area contributed by atoms with Crippen molar-refractivity contribution in [3.05, 3.63) is 63.9 Å². The Morgan fingerprint density at radius 3 is 2.63 bits per heavy atom. The van der Waals surface area contributed by atoms with Crippen molar-refractivity contribution in [1.82, 2.24) is 0 Å². The maximum Gasteiger partial charge on any atom is 0.147 e. The lowest BCUT2D eigenvalue weighted by Crippen LogP contribution is -2.08. The van der Waals surface area contributed by atoms with Crippen LogP contribution in [-0.2, 0) is 0 Å². The van der Waals surface area contributed by atoms with Gasteiger partial charge in [-0.1, -0.05) is 34.1 Å². The lowest BCUT2D eigenvalue weighted by atomic mass is 10.1. The predicted octanol–water partition coefficient (Wildman–Crippen LogP) is 4.63. The monoisotopic (exact) mass is 318 g/mol. The van der Waals surface area contributed by atoms with Crippen LogP contribution in [-0.4, -0.2) is 0 Å². The Balaban J connectivity index is 2.22. The Hall–Kier alpha value is -1.86. The minimum Gasteiger partial charge on any atom is -0.376 e. The van der Waals surface area contributed by atoms with E-state index < -0.39 is 5.82 Å². The molecule has 0 heterocycles. The molecule has 1 atom stereocenters. The number of anilines is 1. The molecule has 0 bridgehead atoms. The van der Waals surface area contributed by atoms with Crippen LogP contribution in [0.5, 0.6) is 0 Å². The van der Waals surface area contributed by atoms with Crippen molar-refractivity contribution >= 4 is 21.6 Å². The molecule has 4 heteroatoms. The fraction of sp³-hybridized carbons (Fsp3) is 0.133. The number of hydrogen-bond acceptors (Lipinski definition) is 2. The molecule has 0 aliphatic heterocycles. The fourth-order valence-corrected chi connectivity index (χ4v) is 2.47. The van der Waals surface area contributed by atoms with Crippen LogP contribution in [0.25, 0.3) is 0 Å². The van der Waals surface area contributed by atoms with E-state index in [1.165, 1.54) is 6.07 Å². The van der Waals surface area contributed by atoms with Crippen molar-refractivity contribution in [3.63, 3.8) is 0 Å². The van der Waals surface area contributed by atoms with Crippen LogP contribution in [0.2, 0.25) is 0 Å². The molecule has 2 aromatic rings. The van der Waals surface area contributed by atoms with E-state index in [2.05, 4.69) is 21.2 Å². The molecule has 0 saturated carbocycles. The highest BCUT2D eigenvalue weighted by atomic mass is 79.9. The molecule has 1 unspecified atom stereocenters. The zero-order valence-electron chi connectivity index (χ0n) is 10.3. The first kappa shape index (κ1) is 13.6. The van der Waals surface area contributed by atoms with Crippen molar-refractivity contribution in [3.8, 4) is 6.07 Å². The third kappa shape index (κ3) is 3.12. The summed E-state index contributed by atoms with van der Waals surface area (Å²) in [5.74, 6) is -0.419. The molecule has 1 N–H and O–H groups in total. The van der Waals surface area contributed by atoms with E-state index in [0.29, 0.717) is 11.3 Å². The standard InChI is InChI=1S/C15H12BrFN2/c1-10(12-4-2-3-5-13(12)16)19-15-7-6-11(9-18)8-14(15)17/h2-8,10,19H,1H3. The maximum atomic E-state index is 13.8. The van der Waals surface area contributed by atoms with E-state index in [4.69, 9.17) is 5.26 Å². The number of nitrogens with one attached hydrogen (secondary N) is 1. The molecule has 0 fully saturated rings. The summed E-state index contributed by atoms with van der Waals surface area (Å²) in [5.41, 5.74) is 1.75. The molecule has 2 rings (SSSR count). The van der Waals surface area contributed by atoms with Gasteiger partial charge in [-0.15, -0.1) is 0 Å². The molecule has 0 saturated heterocycles. The Kier molecular flexibility index (Phi) is 4.18. The topological polar surface area (TPSA) is 35.8 Å². The average Bonchev–Trinajstić information content (AvgIpc) is 2.41. The Morgan fingerprint density at radius 2 is 2.00 bits per heavy atom. The molecule has 2 aromatic carbocycles. The van der Waals surface area contributed by atoms with Gasteiger partial charge >= 0.3 is 0 Å². The number of nitrogens with zero attached hydrogens (tertiary/aromatic N) is 1. The van der Waals surface area contributed by atoms with Crippen molar-refractivity contribution in [2.75, 3.05) is 5.32 Å². The van der Waals surface area contributed by atoms with Gasteiger partial charge in [0.2, 0.25) is 0 Å². The van der Waals surface area contributed by atoms with Crippen molar-refractivity contribution < 1.29 is 4.39 Å². The van der Waals surface area contributed by atoms with E-state index in [9.17, 15) is 4.39 Å². The maximum absolute atomic E-state index is 13.8. The quantitative estimate of drug-likeness (QED) is 0.895. The van der Waals surface area contributed by atoms with Gasteiger partial charge in [0.25, 0.3) is 0 Å². The van der Waals surface area contributed by atoms with Gasteiger partial charge in [-0.25, -0.2) is 4.39 Å². The van der Waals surface area contributed by atoms with Crippen LogP contribution in [0, 0.1) is 17.1 Å². The largest absolute Gasteiger partial charge is 0.376 e. The molecular formula is C15H12BrFN2. The van der Waals surface area contributed by atoms with Crippen molar-refractivity contribution in [2.24, 2.45) is 0 Å².